The van der Waals surface area contributed by atoms with Gasteiger partial charge >= 0.3 is 11.8 Å². The van der Waals surface area contributed by atoms with Gasteiger partial charge in [-0.05, 0) is 117 Å². The number of nitrogens with one attached hydrogen (secondary N) is 2. The third kappa shape index (κ3) is 4.03. The van der Waals surface area contributed by atoms with Crippen molar-refractivity contribution in [2.45, 2.75) is 96.6 Å². The summed E-state index contributed by atoms with van der Waals surface area (Å²) in [5, 5.41) is 6.13. The summed E-state index contributed by atoms with van der Waals surface area (Å²) in [6, 6.07) is 6.56. The van der Waals surface area contributed by atoms with Crippen molar-refractivity contribution >= 4 is 11.8 Å². The molecule has 0 spiro atoms. The second kappa shape index (κ2) is 8.26. The number of carbonyl (C=O) groups is 2. The molecule has 1 aromatic rings. The summed E-state index contributed by atoms with van der Waals surface area (Å²) in [6.45, 7) is 4.21. The molecule has 0 heterocycles. The van der Waals surface area contributed by atoms with Gasteiger partial charge in [0.1, 0.15) is 0 Å². The quantitative estimate of drug-likeness (QED) is 0.666. The molecule has 4 heteroatoms. The van der Waals surface area contributed by atoms with Crippen LogP contribution in [0.5, 0.6) is 0 Å². The lowest BCUT2D eigenvalue weighted by Gasteiger charge is -2.59. The lowest BCUT2D eigenvalue weighted by atomic mass is 9.48. The van der Waals surface area contributed by atoms with Crippen molar-refractivity contribution in [1.29, 1.82) is 0 Å². The van der Waals surface area contributed by atoms with Crippen LogP contribution < -0.4 is 10.6 Å². The SMILES string of the molecule is CCC(NC(=O)C(=O)NC(C)C12CC3CC(CC(C3)C1)C2)c1ccc2c(c1)CCCC2. The van der Waals surface area contributed by atoms with E-state index in [1.165, 1.54) is 62.5 Å². The molecule has 6 rings (SSSR count). The first-order valence-corrected chi connectivity index (χ1v) is 12.7. The molecule has 1 aromatic carbocycles. The number of hydrogen-bond acceptors (Lipinski definition) is 2. The predicted molar refractivity (Wildman–Crippen MR) is 122 cm³/mol. The van der Waals surface area contributed by atoms with E-state index in [1.54, 1.807) is 0 Å². The normalized spacial score (nSPS) is 32.8. The zero-order valence-electron chi connectivity index (χ0n) is 19.2. The van der Waals surface area contributed by atoms with E-state index < -0.39 is 11.8 Å². The average Bonchev–Trinajstić information content (AvgIpc) is 2.76. The topological polar surface area (TPSA) is 58.2 Å². The zero-order chi connectivity index (χ0) is 21.6. The summed E-state index contributed by atoms with van der Waals surface area (Å²) in [5.74, 6) is 1.58. The Kier molecular flexibility index (Phi) is 5.60. The minimum Gasteiger partial charge on any atom is -0.345 e. The molecular formula is C27H38N2O2. The first-order valence-electron chi connectivity index (χ1n) is 12.7. The number of aryl methyl sites for hydroxylation is 2. The van der Waals surface area contributed by atoms with Crippen LogP contribution in [0.3, 0.4) is 0 Å². The molecule has 4 saturated carbocycles. The lowest BCUT2D eigenvalue weighted by Crippen LogP contribution is -2.57. The van der Waals surface area contributed by atoms with Crippen LogP contribution in [0.1, 0.15) is 94.4 Å². The van der Waals surface area contributed by atoms with Gasteiger partial charge in [-0.3, -0.25) is 9.59 Å². The van der Waals surface area contributed by atoms with Crippen LogP contribution in [-0.4, -0.2) is 17.9 Å². The Labute approximate surface area is 186 Å². The number of fused-ring (bicyclic) bond motifs is 1. The minimum atomic E-state index is -0.485. The highest BCUT2D eigenvalue weighted by molar-refractivity contribution is 6.35. The molecule has 0 saturated heterocycles. The Morgan fingerprint density at radius 1 is 0.935 bits per heavy atom. The largest absolute Gasteiger partial charge is 0.345 e. The van der Waals surface area contributed by atoms with Gasteiger partial charge in [-0.2, -0.15) is 0 Å². The van der Waals surface area contributed by atoms with E-state index in [1.807, 2.05) is 0 Å². The van der Waals surface area contributed by atoms with Crippen LogP contribution >= 0.6 is 0 Å². The Balaban J connectivity index is 1.22. The summed E-state index contributed by atoms with van der Waals surface area (Å²) >= 11 is 0. The van der Waals surface area contributed by atoms with Crippen LogP contribution in [0, 0.1) is 23.2 Å². The monoisotopic (exact) mass is 422 g/mol. The van der Waals surface area contributed by atoms with Gasteiger partial charge < -0.3 is 10.6 Å². The van der Waals surface area contributed by atoms with Crippen molar-refractivity contribution in [3.63, 3.8) is 0 Å². The number of benzene rings is 1. The van der Waals surface area contributed by atoms with Crippen molar-refractivity contribution in [2.24, 2.45) is 23.2 Å². The molecule has 0 aromatic heterocycles. The van der Waals surface area contributed by atoms with Crippen molar-refractivity contribution in [1.82, 2.24) is 10.6 Å². The molecule has 31 heavy (non-hydrogen) atoms. The maximum Gasteiger partial charge on any atom is 0.309 e. The highest BCUT2D eigenvalue weighted by Gasteiger charge is 2.53. The van der Waals surface area contributed by atoms with Gasteiger partial charge in [-0.1, -0.05) is 25.1 Å². The zero-order valence-corrected chi connectivity index (χ0v) is 19.2. The fraction of sp³-hybridized carbons (Fsp3) is 0.704. The summed E-state index contributed by atoms with van der Waals surface area (Å²) in [6.07, 6.45) is 13.4. The van der Waals surface area contributed by atoms with Crippen LogP contribution in [0.25, 0.3) is 0 Å². The Morgan fingerprint density at radius 2 is 1.52 bits per heavy atom. The van der Waals surface area contributed by atoms with Crippen LogP contribution in [-0.2, 0) is 22.4 Å². The fourth-order valence-electron chi connectivity index (χ4n) is 7.74. The molecule has 168 valence electrons. The van der Waals surface area contributed by atoms with Crippen molar-refractivity contribution in [3.05, 3.63) is 34.9 Å². The third-order valence-electron chi connectivity index (χ3n) is 9.05. The molecule has 0 radical (unpaired) electrons. The summed E-state index contributed by atoms with van der Waals surface area (Å²) in [7, 11) is 0. The molecule has 5 aliphatic rings. The molecule has 2 atom stereocenters. The number of carbonyl (C=O) groups excluding carboxylic acids is 2. The van der Waals surface area contributed by atoms with Crippen molar-refractivity contribution in [2.75, 3.05) is 0 Å². The van der Waals surface area contributed by atoms with E-state index >= 15 is 0 Å². The Hall–Kier alpha value is -1.84. The lowest BCUT2D eigenvalue weighted by molar-refractivity contribution is -0.142. The number of hydrogen-bond donors (Lipinski definition) is 2. The average molecular weight is 423 g/mol. The molecule has 2 amide bonds. The van der Waals surface area contributed by atoms with Crippen LogP contribution in [0.15, 0.2) is 18.2 Å². The van der Waals surface area contributed by atoms with Gasteiger partial charge in [0.2, 0.25) is 0 Å². The summed E-state index contributed by atoms with van der Waals surface area (Å²) in [4.78, 5) is 25.7. The first kappa shape index (κ1) is 21.0. The van der Waals surface area contributed by atoms with E-state index in [-0.39, 0.29) is 17.5 Å². The molecular weight excluding hydrogens is 384 g/mol. The van der Waals surface area contributed by atoms with Gasteiger partial charge in [0.15, 0.2) is 0 Å². The molecule has 2 N–H and O–H groups in total. The summed E-state index contributed by atoms with van der Waals surface area (Å²) < 4.78 is 0. The second-order valence-electron chi connectivity index (χ2n) is 11.1. The van der Waals surface area contributed by atoms with E-state index in [2.05, 4.69) is 42.7 Å². The smallest absolute Gasteiger partial charge is 0.309 e. The fourth-order valence-corrected chi connectivity index (χ4v) is 7.74. The number of rotatable bonds is 5. The Morgan fingerprint density at radius 3 is 2.13 bits per heavy atom. The van der Waals surface area contributed by atoms with Crippen molar-refractivity contribution in [3.8, 4) is 0 Å². The van der Waals surface area contributed by atoms with Gasteiger partial charge in [0.05, 0.1) is 6.04 Å². The molecule has 5 aliphatic carbocycles. The van der Waals surface area contributed by atoms with Gasteiger partial charge in [-0.25, -0.2) is 0 Å². The van der Waals surface area contributed by atoms with Gasteiger partial charge in [0.25, 0.3) is 0 Å². The number of amides is 2. The molecule has 4 fully saturated rings. The van der Waals surface area contributed by atoms with E-state index in [4.69, 9.17) is 0 Å². The molecule has 4 nitrogen and oxygen atoms in total. The van der Waals surface area contributed by atoms with Crippen LogP contribution in [0.4, 0.5) is 0 Å². The van der Waals surface area contributed by atoms with Crippen molar-refractivity contribution < 1.29 is 9.59 Å². The molecule has 2 unspecified atom stereocenters. The third-order valence-corrected chi connectivity index (χ3v) is 9.05. The predicted octanol–water partition coefficient (Wildman–Crippen LogP) is 4.85. The van der Waals surface area contributed by atoms with Crippen LogP contribution in [0.2, 0.25) is 0 Å². The highest BCUT2D eigenvalue weighted by Crippen LogP contribution is 2.61. The highest BCUT2D eigenvalue weighted by atomic mass is 16.2. The van der Waals surface area contributed by atoms with E-state index in [0.29, 0.717) is 0 Å². The van der Waals surface area contributed by atoms with E-state index in [9.17, 15) is 9.59 Å². The molecule has 4 bridgehead atoms. The minimum absolute atomic E-state index is 0.0722. The maximum atomic E-state index is 12.8. The van der Waals surface area contributed by atoms with Gasteiger partial charge in [0, 0.05) is 6.04 Å². The standard InChI is InChI=1S/C27H38N2O2/c1-3-24(23-9-8-21-6-4-5-7-22(21)13-23)29-26(31)25(30)28-17(2)27-14-18-10-19(15-27)12-20(11-18)16-27/h8-9,13,17-20,24H,3-7,10-12,14-16H2,1-2H3,(H,28,30)(H,29,31). The Bertz CT molecular complexity index is 826. The summed E-state index contributed by atoms with van der Waals surface area (Å²) in [5.41, 5.74) is 4.20. The maximum absolute atomic E-state index is 12.8. The second-order valence-corrected chi connectivity index (χ2v) is 11.1. The van der Waals surface area contributed by atoms with E-state index in [0.717, 1.165) is 42.6 Å². The molecule has 0 aliphatic heterocycles. The first-order chi connectivity index (χ1) is 15.0. The van der Waals surface area contributed by atoms with Gasteiger partial charge in [-0.15, -0.1) is 0 Å².